The Labute approximate surface area is 172 Å². The molecule has 0 saturated heterocycles. The lowest BCUT2D eigenvalue weighted by Gasteiger charge is -2.41. The van der Waals surface area contributed by atoms with Crippen LogP contribution in [-0.4, -0.2) is 43.9 Å². The zero-order chi connectivity index (χ0) is 23.0. The van der Waals surface area contributed by atoms with Gasteiger partial charge in [-0.3, -0.25) is 4.79 Å². The Hall–Kier alpha value is -1.03. The number of hydrogen-bond acceptors (Lipinski definition) is 4. The number of ether oxygens (including phenoxy) is 3. The number of alkyl halides is 6. The average molecular weight is 448 g/mol. The number of carbonyl (C=O) groups is 1. The van der Waals surface area contributed by atoms with Gasteiger partial charge in [0.25, 0.3) is 5.60 Å². The molecule has 0 heterocycles. The molecule has 2 aliphatic rings. The van der Waals surface area contributed by atoms with Crippen LogP contribution >= 0.6 is 0 Å². The number of methoxy groups -OCH3 is 1. The molecule has 0 aliphatic heterocycles. The highest BCUT2D eigenvalue weighted by Gasteiger charge is 2.73. The largest absolute Gasteiger partial charge is 0.462 e. The van der Waals surface area contributed by atoms with Crippen molar-refractivity contribution < 1.29 is 45.3 Å². The molecule has 0 aromatic heterocycles. The molecule has 4 nitrogen and oxygen atoms in total. The fraction of sp³-hybridized carbons (Fsp3) is 0.950. The second kappa shape index (κ2) is 8.84. The lowest BCUT2D eigenvalue weighted by Crippen LogP contribution is -2.61. The predicted octanol–water partition coefficient (Wildman–Crippen LogP) is 5.64. The smallest absolute Gasteiger partial charge is 0.426 e. The van der Waals surface area contributed by atoms with Crippen molar-refractivity contribution in [2.75, 3.05) is 13.9 Å². The van der Waals surface area contributed by atoms with E-state index in [0.717, 1.165) is 20.0 Å². The van der Waals surface area contributed by atoms with Crippen molar-refractivity contribution in [2.45, 2.75) is 83.4 Å². The first-order valence-corrected chi connectivity index (χ1v) is 10.2. The van der Waals surface area contributed by atoms with E-state index >= 15 is 0 Å². The molecule has 30 heavy (non-hydrogen) atoms. The third kappa shape index (κ3) is 4.89. The van der Waals surface area contributed by atoms with Crippen LogP contribution in [0.1, 0.15) is 59.3 Å². The fourth-order valence-electron chi connectivity index (χ4n) is 4.53. The summed E-state index contributed by atoms with van der Waals surface area (Å²) < 4.78 is 97.0. The maximum atomic E-state index is 13.8. The van der Waals surface area contributed by atoms with E-state index in [2.05, 4.69) is 9.47 Å². The second-order valence-electron chi connectivity index (χ2n) is 9.10. The van der Waals surface area contributed by atoms with Gasteiger partial charge in [-0.1, -0.05) is 13.3 Å². The van der Waals surface area contributed by atoms with Gasteiger partial charge in [0.1, 0.15) is 12.9 Å². The van der Waals surface area contributed by atoms with Crippen LogP contribution in [0.25, 0.3) is 0 Å². The summed E-state index contributed by atoms with van der Waals surface area (Å²) in [5, 5.41) is 0. The maximum Gasteiger partial charge on any atom is 0.426 e. The Morgan fingerprint density at radius 3 is 2.03 bits per heavy atom. The standard InChI is InChI=1S/C20H30F6O4/c1-5-17(2,3)16(27)30-15(14-9-12-6-7-13(14)8-12)10-18(19(21,22)23,20(24,25)26)29-11-28-4/h12-15H,5-11H2,1-4H3. The average Bonchev–Trinajstić information content (AvgIpc) is 3.25. The molecule has 0 radical (unpaired) electrons. The van der Waals surface area contributed by atoms with Crippen LogP contribution in [-0.2, 0) is 19.0 Å². The number of halogens is 6. The van der Waals surface area contributed by atoms with Crippen LogP contribution in [0.15, 0.2) is 0 Å². The third-order valence-corrected chi connectivity index (χ3v) is 6.79. The first-order valence-electron chi connectivity index (χ1n) is 10.2. The Kier molecular flexibility index (Phi) is 7.44. The molecule has 10 heteroatoms. The van der Waals surface area contributed by atoms with Crippen LogP contribution in [0.5, 0.6) is 0 Å². The molecule has 0 aromatic carbocycles. The van der Waals surface area contributed by atoms with Gasteiger partial charge in [0, 0.05) is 13.5 Å². The maximum absolute atomic E-state index is 13.8. The lowest BCUT2D eigenvalue weighted by molar-refractivity contribution is -0.398. The van der Waals surface area contributed by atoms with Crippen LogP contribution in [0, 0.1) is 23.2 Å². The molecule has 2 bridgehead atoms. The van der Waals surface area contributed by atoms with Crippen molar-refractivity contribution in [1.82, 2.24) is 0 Å². The molecule has 2 saturated carbocycles. The molecular weight excluding hydrogens is 418 g/mol. The molecule has 0 spiro atoms. The third-order valence-electron chi connectivity index (χ3n) is 6.79. The van der Waals surface area contributed by atoms with E-state index in [1.54, 1.807) is 20.8 Å². The molecule has 4 atom stereocenters. The van der Waals surface area contributed by atoms with Crippen LogP contribution < -0.4 is 0 Å². The number of esters is 1. The highest BCUT2D eigenvalue weighted by atomic mass is 19.4. The van der Waals surface area contributed by atoms with E-state index < -0.39 is 54.6 Å². The minimum atomic E-state index is -5.77. The molecule has 0 aromatic rings. The van der Waals surface area contributed by atoms with Crippen molar-refractivity contribution in [3.63, 3.8) is 0 Å². The summed E-state index contributed by atoms with van der Waals surface area (Å²) in [5.41, 5.74) is -5.51. The summed E-state index contributed by atoms with van der Waals surface area (Å²) in [6.45, 7) is 3.60. The van der Waals surface area contributed by atoms with Crippen molar-refractivity contribution >= 4 is 5.97 Å². The molecule has 0 amide bonds. The van der Waals surface area contributed by atoms with Crippen molar-refractivity contribution in [1.29, 1.82) is 0 Å². The van der Waals surface area contributed by atoms with Gasteiger partial charge in [-0.2, -0.15) is 26.3 Å². The van der Waals surface area contributed by atoms with Gasteiger partial charge < -0.3 is 14.2 Å². The fourth-order valence-corrected chi connectivity index (χ4v) is 4.53. The van der Waals surface area contributed by atoms with Gasteiger partial charge in [-0.05, 0) is 57.3 Å². The van der Waals surface area contributed by atoms with Crippen molar-refractivity contribution in [2.24, 2.45) is 23.2 Å². The molecule has 0 N–H and O–H groups in total. The van der Waals surface area contributed by atoms with Gasteiger partial charge in [0.15, 0.2) is 0 Å². The first-order chi connectivity index (χ1) is 13.7. The Morgan fingerprint density at radius 1 is 1.03 bits per heavy atom. The second-order valence-corrected chi connectivity index (χ2v) is 9.10. The summed E-state index contributed by atoms with van der Waals surface area (Å²) in [6.07, 6.45) is -11.5. The van der Waals surface area contributed by atoms with Crippen molar-refractivity contribution in [3.05, 3.63) is 0 Å². The molecule has 2 aliphatic carbocycles. The van der Waals surface area contributed by atoms with Gasteiger partial charge in [0.05, 0.1) is 5.41 Å². The summed E-state index contributed by atoms with van der Waals surface area (Å²) in [4.78, 5) is 12.6. The van der Waals surface area contributed by atoms with Crippen LogP contribution in [0.4, 0.5) is 26.3 Å². The summed E-state index contributed by atoms with van der Waals surface area (Å²) in [6, 6.07) is 0. The topological polar surface area (TPSA) is 44.8 Å². The number of rotatable bonds is 9. The van der Waals surface area contributed by atoms with Crippen LogP contribution in [0.3, 0.4) is 0 Å². The van der Waals surface area contributed by atoms with Crippen molar-refractivity contribution in [3.8, 4) is 0 Å². The molecule has 2 rings (SSSR count). The highest BCUT2D eigenvalue weighted by molar-refractivity contribution is 5.76. The molecule has 4 unspecified atom stereocenters. The quantitative estimate of drug-likeness (QED) is 0.260. The van der Waals surface area contributed by atoms with E-state index in [-0.39, 0.29) is 11.8 Å². The lowest BCUT2D eigenvalue weighted by atomic mass is 9.79. The Balaban J connectivity index is 2.42. The summed E-state index contributed by atoms with van der Waals surface area (Å²) in [5.74, 6) is -1.18. The van der Waals surface area contributed by atoms with Crippen LogP contribution in [0.2, 0.25) is 0 Å². The summed E-state index contributed by atoms with van der Waals surface area (Å²) in [7, 11) is 0.939. The summed E-state index contributed by atoms with van der Waals surface area (Å²) >= 11 is 0. The number of hydrogen-bond donors (Lipinski definition) is 0. The van der Waals surface area contributed by atoms with E-state index in [1.807, 2.05) is 0 Å². The first kappa shape index (κ1) is 25.2. The van der Waals surface area contributed by atoms with Gasteiger partial charge >= 0.3 is 18.3 Å². The SMILES string of the molecule is CCC(C)(C)C(=O)OC(CC(OCOC)(C(F)(F)F)C(F)(F)F)C1CC2CCC1C2. The van der Waals surface area contributed by atoms with Gasteiger partial charge in [0.2, 0.25) is 0 Å². The normalized spacial score (nSPS) is 26.1. The number of carbonyl (C=O) groups excluding carboxylic acids is 1. The minimum Gasteiger partial charge on any atom is -0.462 e. The van der Waals surface area contributed by atoms with E-state index in [0.29, 0.717) is 19.3 Å². The molecule has 176 valence electrons. The van der Waals surface area contributed by atoms with Gasteiger partial charge in [-0.15, -0.1) is 0 Å². The minimum absolute atomic E-state index is 0.0564. The zero-order valence-corrected chi connectivity index (χ0v) is 17.7. The van der Waals surface area contributed by atoms with Gasteiger partial charge in [-0.25, -0.2) is 0 Å². The highest BCUT2D eigenvalue weighted by Crippen LogP contribution is 2.55. The Morgan fingerprint density at radius 2 is 1.63 bits per heavy atom. The Bertz CT molecular complexity index is 587. The van der Waals surface area contributed by atoms with E-state index in [9.17, 15) is 31.1 Å². The van der Waals surface area contributed by atoms with E-state index in [4.69, 9.17) is 4.74 Å². The zero-order valence-electron chi connectivity index (χ0n) is 17.7. The monoisotopic (exact) mass is 448 g/mol. The predicted molar refractivity (Wildman–Crippen MR) is 95.3 cm³/mol. The molecular formula is C20H30F6O4. The molecule has 2 fully saturated rings. The van der Waals surface area contributed by atoms with E-state index in [1.165, 1.54) is 0 Å². The number of fused-ring (bicyclic) bond motifs is 2.